The standard InChI is InChI=1S/C20H17N3O3S/c1-2-27(24,25)17-9-10-19-18(12-17)22-20(26-19)11-8-15-13-21-23(14-15)16-6-4-3-5-7-16/h3-14H,2H2,1H3/b11-8+. The first-order chi connectivity index (χ1) is 13.0. The molecule has 0 saturated heterocycles. The van der Waals surface area contributed by atoms with Crippen molar-refractivity contribution in [1.29, 1.82) is 0 Å². The summed E-state index contributed by atoms with van der Waals surface area (Å²) in [4.78, 5) is 4.61. The van der Waals surface area contributed by atoms with Gasteiger partial charge in [0.2, 0.25) is 5.89 Å². The van der Waals surface area contributed by atoms with E-state index < -0.39 is 9.84 Å². The van der Waals surface area contributed by atoms with E-state index in [1.54, 1.807) is 42.1 Å². The topological polar surface area (TPSA) is 78.0 Å². The number of oxazole rings is 1. The molecule has 0 fully saturated rings. The number of nitrogens with zero attached hydrogens (tertiary/aromatic N) is 3. The van der Waals surface area contributed by atoms with Crippen molar-refractivity contribution in [2.75, 3.05) is 5.75 Å². The van der Waals surface area contributed by atoms with Crippen LogP contribution in [0.5, 0.6) is 0 Å². The number of fused-ring (bicyclic) bond motifs is 1. The molecule has 0 bridgehead atoms. The van der Waals surface area contributed by atoms with Gasteiger partial charge in [-0.3, -0.25) is 0 Å². The number of benzene rings is 2. The van der Waals surface area contributed by atoms with Crippen molar-refractivity contribution >= 4 is 33.1 Å². The van der Waals surface area contributed by atoms with Crippen LogP contribution in [0.15, 0.2) is 70.2 Å². The van der Waals surface area contributed by atoms with Gasteiger partial charge in [0, 0.05) is 17.8 Å². The molecule has 0 aliphatic heterocycles. The van der Waals surface area contributed by atoms with Crippen molar-refractivity contribution in [1.82, 2.24) is 14.8 Å². The van der Waals surface area contributed by atoms with E-state index in [2.05, 4.69) is 10.1 Å². The first-order valence-electron chi connectivity index (χ1n) is 8.47. The van der Waals surface area contributed by atoms with Gasteiger partial charge >= 0.3 is 0 Å². The van der Waals surface area contributed by atoms with Crippen molar-refractivity contribution < 1.29 is 12.8 Å². The van der Waals surface area contributed by atoms with E-state index in [1.807, 2.05) is 42.6 Å². The van der Waals surface area contributed by atoms with Crippen molar-refractivity contribution in [3.63, 3.8) is 0 Å². The van der Waals surface area contributed by atoms with E-state index in [4.69, 9.17) is 4.42 Å². The average molecular weight is 379 g/mol. The number of rotatable bonds is 5. The molecule has 27 heavy (non-hydrogen) atoms. The van der Waals surface area contributed by atoms with Crippen LogP contribution < -0.4 is 0 Å². The first kappa shape index (κ1) is 17.2. The Morgan fingerprint density at radius 3 is 2.70 bits per heavy atom. The molecule has 6 nitrogen and oxygen atoms in total. The number of aromatic nitrogens is 3. The Labute approximate surface area is 156 Å². The summed E-state index contributed by atoms with van der Waals surface area (Å²) in [7, 11) is -3.27. The first-order valence-corrected chi connectivity index (χ1v) is 10.1. The second kappa shape index (κ2) is 6.85. The summed E-state index contributed by atoms with van der Waals surface area (Å²) in [6.45, 7) is 1.62. The second-order valence-corrected chi connectivity index (χ2v) is 8.25. The summed E-state index contributed by atoms with van der Waals surface area (Å²) < 4.78 is 31.4. The fourth-order valence-corrected chi connectivity index (χ4v) is 3.57. The Morgan fingerprint density at radius 2 is 1.93 bits per heavy atom. The molecular weight excluding hydrogens is 362 g/mol. The van der Waals surface area contributed by atoms with E-state index in [-0.39, 0.29) is 10.6 Å². The SMILES string of the molecule is CCS(=O)(=O)c1ccc2oc(/C=C/c3cnn(-c4ccccc4)c3)nc2c1. The lowest BCUT2D eigenvalue weighted by molar-refractivity contribution is 0.589. The van der Waals surface area contributed by atoms with Gasteiger partial charge in [-0.25, -0.2) is 18.1 Å². The molecule has 0 aliphatic carbocycles. The normalized spacial score (nSPS) is 12.2. The molecule has 0 radical (unpaired) electrons. The fraction of sp³-hybridized carbons (Fsp3) is 0.100. The second-order valence-electron chi connectivity index (χ2n) is 5.97. The number of hydrogen-bond donors (Lipinski definition) is 0. The minimum Gasteiger partial charge on any atom is -0.437 e. The molecule has 4 rings (SSSR count). The zero-order valence-electron chi connectivity index (χ0n) is 14.6. The van der Waals surface area contributed by atoms with Crippen LogP contribution in [0.4, 0.5) is 0 Å². The predicted molar refractivity (Wildman–Crippen MR) is 104 cm³/mol. The Hall–Kier alpha value is -3.19. The Bertz CT molecular complexity index is 1220. The van der Waals surface area contributed by atoms with E-state index in [1.165, 1.54) is 0 Å². The Morgan fingerprint density at radius 1 is 1.11 bits per heavy atom. The molecule has 0 unspecified atom stereocenters. The fourth-order valence-electron chi connectivity index (χ4n) is 2.67. The van der Waals surface area contributed by atoms with Crippen molar-refractivity contribution in [3.05, 3.63) is 72.4 Å². The summed E-state index contributed by atoms with van der Waals surface area (Å²) in [5.41, 5.74) is 2.94. The largest absolute Gasteiger partial charge is 0.437 e. The lowest BCUT2D eigenvalue weighted by Gasteiger charge is -1.99. The smallest absolute Gasteiger partial charge is 0.220 e. The van der Waals surface area contributed by atoms with Gasteiger partial charge in [0.1, 0.15) is 5.52 Å². The summed E-state index contributed by atoms with van der Waals surface area (Å²) in [5.74, 6) is 0.456. The molecule has 0 spiro atoms. The highest BCUT2D eigenvalue weighted by atomic mass is 32.2. The van der Waals surface area contributed by atoms with Crippen LogP contribution in [0.25, 0.3) is 28.9 Å². The summed E-state index contributed by atoms with van der Waals surface area (Å²) in [6.07, 6.45) is 7.24. The van der Waals surface area contributed by atoms with E-state index in [0.29, 0.717) is 17.0 Å². The highest BCUT2D eigenvalue weighted by molar-refractivity contribution is 7.91. The van der Waals surface area contributed by atoms with Gasteiger partial charge in [-0.2, -0.15) is 5.10 Å². The molecule has 2 aromatic heterocycles. The third-order valence-corrected chi connectivity index (χ3v) is 5.89. The van der Waals surface area contributed by atoms with Crippen LogP contribution in [0, 0.1) is 0 Å². The highest BCUT2D eigenvalue weighted by Gasteiger charge is 2.14. The maximum absolute atomic E-state index is 12.0. The average Bonchev–Trinajstić information content (AvgIpc) is 3.33. The third kappa shape index (κ3) is 3.54. The quantitative estimate of drug-likeness (QED) is 0.524. The van der Waals surface area contributed by atoms with Crippen LogP contribution in [0.1, 0.15) is 18.4 Å². The minimum absolute atomic E-state index is 0.0501. The van der Waals surface area contributed by atoms with Crippen LogP contribution >= 0.6 is 0 Å². The van der Waals surface area contributed by atoms with E-state index >= 15 is 0 Å². The van der Waals surface area contributed by atoms with Gasteiger partial charge in [0.25, 0.3) is 0 Å². The van der Waals surface area contributed by atoms with Crippen molar-refractivity contribution in [3.8, 4) is 5.69 Å². The highest BCUT2D eigenvalue weighted by Crippen LogP contribution is 2.22. The van der Waals surface area contributed by atoms with Crippen molar-refractivity contribution in [2.24, 2.45) is 0 Å². The molecule has 0 N–H and O–H groups in total. The van der Waals surface area contributed by atoms with Gasteiger partial charge in [0.15, 0.2) is 15.4 Å². The number of para-hydroxylation sites is 1. The zero-order valence-corrected chi connectivity index (χ0v) is 15.4. The number of hydrogen-bond acceptors (Lipinski definition) is 5. The molecular formula is C20H17N3O3S. The molecule has 2 heterocycles. The molecule has 4 aromatic rings. The zero-order chi connectivity index (χ0) is 18.9. The van der Waals surface area contributed by atoms with Crippen LogP contribution in [0.2, 0.25) is 0 Å². The maximum atomic E-state index is 12.0. The van der Waals surface area contributed by atoms with Crippen LogP contribution in [-0.4, -0.2) is 28.9 Å². The van der Waals surface area contributed by atoms with E-state index in [9.17, 15) is 8.42 Å². The van der Waals surface area contributed by atoms with Crippen molar-refractivity contribution in [2.45, 2.75) is 11.8 Å². The summed E-state index contributed by atoms with van der Waals surface area (Å²) >= 11 is 0. The Balaban J connectivity index is 1.59. The maximum Gasteiger partial charge on any atom is 0.220 e. The molecule has 0 atom stereocenters. The molecule has 7 heteroatoms. The van der Waals surface area contributed by atoms with Gasteiger partial charge in [-0.15, -0.1) is 0 Å². The molecule has 136 valence electrons. The Kier molecular flexibility index (Phi) is 4.37. The van der Waals surface area contributed by atoms with Gasteiger partial charge < -0.3 is 4.42 Å². The van der Waals surface area contributed by atoms with Gasteiger partial charge in [-0.05, 0) is 36.4 Å². The third-order valence-electron chi connectivity index (χ3n) is 4.16. The predicted octanol–water partition coefficient (Wildman–Crippen LogP) is 3.98. The minimum atomic E-state index is -3.27. The monoisotopic (exact) mass is 379 g/mol. The molecule has 2 aromatic carbocycles. The summed E-state index contributed by atoms with van der Waals surface area (Å²) in [6, 6.07) is 14.5. The van der Waals surface area contributed by atoms with Crippen LogP contribution in [-0.2, 0) is 9.84 Å². The number of sulfone groups is 1. The van der Waals surface area contributed by atoms with E-state index in [0.717, 1.165) is 11.3 Å². The van der Waals surface area contributed by atoms with Gasteiger partial charge in [-0.1, -0.05) is 25.1 Å². The lowest BCUT2D eigenvalue weighted by atomic mass is 10.3. The van der Waals surface area contributed by atoms with Crippen LogP contribution in [0.3, 0.4) is 0 Å². The molecule has 0 aliphatic rings. The summed E-state index contributed by atoms with van der Waals surface area (Å²) in [5, 5.41) is 4.34. The lowest BCUT2D eigenvalue weighted by Crippen LogP contribution is -2.03. The van der Waals surface area contributed by atoms with Gasteiger partial charge in [0.05, 0.1) is 22.5 Å². The molecule has 0 amide bonds. The molecule has 0 saturated carbocycles.